The molecule has 0 aliphatic carbocycles. The molecule has 0 aromatic heterocycles. The molecule has 2 atom stereocenters. The molecule has 2 N–H and O–H groups in total. The molecule has 1 aliphatic heterocycles. The van der Waals surface area contributed by atoms with Crippen LogP contribution in [-0.2, 0) is 14.2 Å². The van der Waals surface area contributed by atoms with Crippen LogP contribution in [-0.4, -0.2) is 70.7 Å². The van der Waals surface area contributed by atoms with Gasteiger partial charge in [-0.2, -0.15) is 0 Å². The molecule has 1 fully saturated rings. The number of nitrogens with zero attached hydrogens (tertiary/aromatic N) is 1. The highest BCUT2D eigenvalue weighted by atomic mass is 16.5. The van der Waals surface area contributed by atoms with E-state index in [2.05, 4.69) is 4.90 Å². The van der Waals surface area contributed by atoms with Gasteiger partial charge in [0.05, 0.1) is 19.8 Å². The SMILES string of the molecule is COCCN(CCOC)C1COCCC1N. The van der Waals surface area contributed by atoms with Gasteiger partial charge in [-0.25, -0.2) is 0 Å². The summed E-state index contributed by atoms with van der Waals surface area (Å²) in [7, 11) is 3.43. The summed E-state index contributed by atoms with van der Waals surface area (Å²) < 4.78 is 15.7. The number of rotatable bonds is 7. The molecule has 1 aliphatic rings. The first kappa shape index (κ1) is 13.9. The van der Waals surface area contributed by atoms with Gasteiger partial charge in [-0.3, -0.25) is 4.90 Å². The number of methoxy groups -OCH3 is 2. The number of hydrogen-bond acceptors (Lipinski definition) is 5. The van der Waals surface area contributed by atoms with E-state index in [9.17, 15) is 0 Å². The van der Waals surface area contributed by atoms with Gasteiger partial charge < -0.3 is 19.9 Å². The molecule has 0 amide bonds. The van der Waals surface area contributed by atoms with Gasteiger partial charge in [-0.15, -0.1) is 0 Å². The van der Waals surface area contributed by atoms with Gasteiger partial charge in [-0.1, -0.05) is 0 Å². The van der Waals surface area contributed by atoms with Crippen LogP contribution in [0.3, 0.4) is 0 Å². The molecule has 0 spiro atoms. The largest absolute Gasteiger partial charge is 0.383 e. The molecule has 5 heteroatoms. The quantitative estimate of drug-likeness (QED) is 0.653. The Kier molecular flexibility index (Phi) is 6.91. The van der Waals surface area contributed by atoms with E-state index in [1.54, 1.807) is 14.2 Å². The summed E-state index contributed by atoms with van der Waals surface area (Å²) in [6.07, 6.45) is 0.932. The average molecular weight is 232 g/mol. The van der Waals surface area contributed by atoms with E-state index in [4.69, 9.17) is 19.9 Å². The lowest BCUT2D eigenvalue weighted by molar-refractivity contribution is -0.00997. The molecule has 1 rings (SSSR count). The van der Waals surface area contributed by atoms with Crippen molar-refractivity contribution in [2.24, 2.45) is 5.73 Å². The number of hydrogen-bond donors (Lipinski definition) is 1. The van der Waals surface area contributed by atoms with Crippen LogP contribution in [0.25, 0.3) is 0 Å². The third-order valence-electron chi connectivity index (χ3n) is 3.01. The minimum Gasteiger partial charge on any atom is -0.383 e. The Bertz CT molecular complexity index is 173. The number of ether oxygens (including phenoxy) is 3. The molecule has 2 unspecified atom stereocenters. The molecule has 0 aromatic carbocycles. The fraction of sp³-hybridized carbons (Fsp3) is 1.00. The average Bonchev–Trinajstić information content (AvgIpc) is 2.31. The molecule has 0 aromatic rings. The molecule has 0 bridgehead atoms. The second kappa shape index (κ2) is 7.97. The molecule has 16 heavy (non-hydrogen) atoms. The molecule has 5 nitrogen and oxygen atoms in total. The molecule has 96 valence electrons. The van der Waals surface area contributed by atoms with Gasteiger partial charge in [0.15, 0.2) is 0 Å². The molecule has 1 heterocycles. The third kappa shape index (κ3) is 4.35. The van der Waals surface area contributed by atoms with E-state index in [1.807, 2.05) is 0 Å². The van der Waals surface area contributed by atoms with Crippen molar-refractivity contribution in [1.29, 1.82) is 0 Å². The summed E-state index contributed by atoms with van der Waals surface area (Å²) in [6, 6.07) is 0.488. The summed E-state index contributed by atoms with van der Waals surface area (Å²) >= 11 is 0. The second-order valence-electron chi connectivity index (χ2n) is 4.12. The normalized spacial score (nSPS) is 26.2. The smallest absolute Gasteiger partial charge is 0.0636 e. The van der Waals surface area contributed by atoms with Crippen molar-refractivity contribution in [3.8, 4) is 0 Å². The zero-order chi connectivity index (χ0) is 11.8. The highest BCUT2D eigenvalue weighted by Crippen LogP contribution is 2.12. The van der Waals surface area contributed by atoms with Gasteiger partial charge in [0, 0.05) is 46.0 Å². The zero-order valence-electron chi connectivity index (χ0n) is 10.4. The summed E-state index contributed by atoms with van der Waals surface area (Å²) in [4.78, 5) is 2.30. The third-order valence-corrected chi connectivity index (χ3v) is 3.01. The Morgan fingerprint density at radius 1 is 1.25 bits per heavy atom. The molecular formula is C11H24N2O3. The van der Waals surface area contributed by atoms with Crippen molar-refractivity contribution in [2.45, 2.75) is 18.5 Å². The van der Waals surface area contributed by atoms with Crippen LogP contribution < -0.4 is 5.73 Å². The van der Waals surface area contributed by atoms with Gasteiger partial charge in [0.2, 0.25) is 0 Å². The Labute approximate surface area is 97.8 Å². The Morgan fingerprint density at radius 2 is 1.88 bits per heavy atom. The first-order chi connectivity index (χ1) is 7.79. The summed E-state index contributed by atoms with van der Waals surface area (Å²) in [5.41, 5.74) is 6.12. The van der Waals surface area contributed by atoms with E-state index in [0.29, 0.717) is 25.9 Å². The van der Waals surface area contributed by atoms with Crippen molar-refractivity contribution in [3.05, 3.63) is 0 Å². The lowest BCUT2D eigenvalue weighted by Gasteiger charge is -2.37. The fourth-order valence-electron chi connectivity index (χ4n) is 1.98. The van der Waals surface area contributed by atoms with Crippen molar-refractivity contribution in [2.75, 3.05) is 53.7 Å². The van der Waals surface area contributed by atoms with Gasteiger partial charge in [-0.05, 0) is 6.42 Å². The summed E-state index contributed by atoms with van der Waals surface area (Å²) in [5.74, 6) is 0. The zero-order valence-corrected chi connectivity index (χ0v) is 10.4. The van der Waals surface area contributed by atoms with Crippen molar-refractivity contribution in [1.82, 2.24) is 4.90 Å². The summed E-state index contributed by atoms with van der Waals surface area (Å²) in [6.45, 7) is 4.68. The predicted molar refractivity (Wildman–Crippen MR) is 62.5 cm³/mol. The standard InChI is InChI=1S/C11H24N2O3/c1-14-7-4-13(5-8-15-2)11-9-16-6-3-10(11)12/h10-11H,3-9,12H2,1-2H3. The van der Waals surface area contributed by atoms with Gasteiger partial charge in [0.25, 0.3) is 0 Å². The van der Waals surface area contributed by atoms with E-state index >= 15 is 0 Å². The predicted octanol–water partition coefficient (Wildman–Crippen LogP) is -0.303. The Hall–Kier alpha value is -0.200. The lowest BCUT2D eigenvalue weighted by atomic mass is 10.0. The molecule has 0 radical (unpaired) electrons. The minimum atomic E-state index is 0.197. The first-order valence-corrected chi connectivity index (χ1v) is 5.85. The van der Waals surface area contributed by atoms with E-state index in [-0.39, 0.29) is 6.04 Å². The highest BCUT2D eigenvalue weighted by molar-refractivity contribution is 4.85. The maximum Gasteiger partial charge on any atom is 0.0636 e. The monoisotopic (exact) mass is 232 g/mol. The summed E-state index contributed by atoms with van der Waals surface area (Å²) in [5, 5.41) is 0. The highest BCUT2D eigenvalue weighted by Gasteiger charge is 2.27. The van der Waals surface area contributed by atoms with Crippen LogP contribution in [0.1, 0.15) is 6.42 Å². The van der Waals surface area contributed by atoms with Crippen LogP contribution >= 0.6 is 0 Å². The topological polar surface area (TPSA) is 57.0 Å². The maximum absolute atomic E-state index is 6.12. The van der Waals surface area contributed by atoms with Crippen LogP contribution in [0.4, 0.5) is 0 Å². The second-order valence-corrected chi connectivity index (χ2v) is 4.12. The van der Waals surface area contributed by atoms with E-state index < -0.39 is 0 Å². The van der Waals surface area contributed by atoms with E-state index in [0.717, 1.165) is 26.1 Å². The molecular weight excluding hydrogens is 208 g/mol. The molecule has 1 saturated heterocycles. The number of nitrogens with two attached hydrogens (primary N) is 1. The Morgan fingerprint density at radius 3 is 2.38 bits per heavy atom. The lowest BCUT2D eigenvalue weighted by Crippen LogP contribution is -2.55. The molecule has 0 saturated carbocycles. The first-order valence-electron chi connectivity index (χ1n) is 5.85. The van der Waals surface area contributed by atoms with Crippen molar-refractivity contribution in [3.63, 3.8) is 0 Å². The minimum absolute atomic E-state index is 0.197. The van der Waals surface area contributed by atoms with Crippen LogP contribution in [0, 0.1) is 0 Å². The van der Waals surface area contributed by atoms with Crippen LogP contribution in [0.15, 0.2) is 0 Å². The van der Waals surface area contributed by atoms with Crippen molar-refractivity contribution >= 4 is 0 Å². The van der Waals surface area contributed by atoms with Crippen LogP contribution in [0.5, 0.6) is 0 Å². The van der Waals surface area contributed by atoms with Crippen molar-refractivity contribution < 1.29 is 14.2 Å². The van der Waals surface area contributed by atoms with E-state index in [1.165, 1.54) is 0 Å². The van der Waals surface area contributed by atoms with Gasteiger partial charge in [0.1, 0.15) is 0 Å². The fourth-order valence-corrected chi connectivity index (χ4v) is 1.98. The maximum atomic E-state index is 6.12. The van der Waals surface area contributed by atoms with Gasteiger partial charge >= 0.3 is 0 Å². The van der Waals surface area contributed by atoms with Crippen LogP contribution in [0.2, 0.25) is 0 Å². The Balaban J connectivity index is 2.44.